The summed E-state index contributed by atoms with van der Waals surface area (Å²) in [4.78, 5) is 8.66. The van der Waals surface area contributed by atoms with Crippen LogP contribution in [-0.4, -0.2) is 14.3 Å². The van der Waals surface area contributed by atoms with Crippen molar-refractivity contribution in [1.29, 1.82) is 0 Å². The molecule has 3 rings (SSSR count). The molecule has 0 bridgehead atoms. The second-order valence-corrected chi connectivity index (χ2v) is 5.71. The highest BCUT2D eigenvalue weighted by molar-refractivity contribution is 8.00. The molecule has 0 saturated carbocycles. The number of thioether (sulfide) groups is 1. The molecular weight excluding hydrogens is 268 g/mol. The monoisotopic (exact) mass is 278 g/mol. The van der Waals surface area contributed by atoms with Gasteiger partial charge in [-0.1, -0.05) is 11.8 Å². The molecule has 1 aromatic carbocycles. The van der Waals surface area contributed by atoms with Gasteiger partial charge in [0.05, 0.1) is 5.75 Å². The van der Waals surface area contributed by atoms with Gasteiger partial charge in [0.15, 0.2) is 9.92 Å². The normalized spacial score (nSPS) is 11.2. The van der Waals surface area contributed by atoms with Gasteiger partial charge in [-0.2, -0.15) is 4.37 Å². The maximum Gasteiger partial charge on any atom is 0.205 e. The van der Waals surface area contributed by atoms with Gasteiger partial charge >= 0.3 is 0 Å². The van der Waals surface area contributed by atoms with E-state index in [1.54, 1.807) is 17.8 Å². The molecule has 92 valence electrons. The Morgan fingerprint density at radius 2 is 2.28 bits per heavy atom. The van der Waals surface area contributed by atoms with Crippen LogP contribution < -0.4 is 5.73 Å². The molecular formula is C11H10N4OS2. The van der Waals surface area contributed by atoms with Gasteiger partial charge in [-0.3, -0.25) is 0 Å². The van der Waals surface area contributed by atoms with Crippen molar-refractivity contribution in [2.45, 2.75) is 17.0 Å². The Bertz CT molecular complexity index is 691. The van der Waals surface area contributed by atoms with E-state index in [-0.39, 0.29) is 0 Å². The molecule has 2 N–H and O–H groups in total. The zero-order valence-electron chi connectivity index (χ0n) is 9.58. The predicted octanol–water partition coefficient (Wildman–Crippen LogP) is 2.86. The highest BCUT2D eigenvalue weighted by Crippen LogP contribution is 2.26. The lowest BCUT2D eigenvalue weighted by atomic mass is 10.3. The van der Waals surface area contributed by atoms with E-state index in [4.69, 9.17) is 10.2 Å². The van der Waals surface area contributed by atoms with Crippen molar-refractivity contribution in [3.05, 3.63) is 29.9 Å². The van der Waals surface area contributed by atoms with Crippen LogP contribution in [0.25, 0.3) is 11.1 Å². The number of rotatable bonds is 3. The van der Waals surface area contributed by atoms with Crippen molar-refractivity contribution in [3.8, 4) is 0 Å². The number of nitrogens with zero attached hydrogens (tertiary/aromatic N) is 3. The smallest absolute Gasteiger partial charge is 0.205 e. The topological polar surface area (TPSA) is 77.8 Å². The molecule has 7 heteroatoms. The number of hydrogen-bond donors (Lipinski definition) is 1. The lowest BCUT2D eigenvalue weighted by Crippen LogP contribution is -1.82. The number of aryl methyl sites for hydroxylation is 1. The minimum atomic E-state index is 0.642. The maximum atomic E-state index is 5.70. The molecule has 2 aromatic heterocycles. The molecule has 0 atom stereocenters. The van der Waals surface area contributed by atoms with E-state index >= 15 is 0 Å². The Kier molecular flexibility index (Phi) is 2.92. The third-order valence-electron chi connectivity index (χ3n) is 2.28. The van der Waals surface area contributed by atoms with E-state index in [9.17, 15) is 0 Å². The van der Waals surface area contributed by atoms with Crippen LogP contribution in [0.3, 0.4) is 0 Å². The van der Waals surface area contributed by atoms with Gasteiger partial charge in [0.1, 0.15) is 11.3 Å². The third kappa shape index (κ3) is 2.32. The fourth-order valence-corrected chi connectivity index (χ4v) is 3.00. The number of oxazole rings is 1. The van der Waals surface area contributed by atoms with Gasteiger partial charge in [-0.05, 0) is 36.7 Å². The highest BCUT2D eigenvalue weighted by atomic mass is 32.2. The van der Waals surface area contributed by atoms with Gasteiger partial charge in [-0.25, -0.2) is 9.97 Å². The average Bonchev–Trinajstić information content (AvgIpc) is 2.92. The van der Waals surface area contributed by atoms with Crippen molar-refractivity contribution in [3.63, 3.8) is 0 Å². The number of anilines is 1. The number of aromatic nitrogens is 3. The molecule has 2 heterocycles. The van der Waals surface area contributed by atoms with E-state index in [0.717, 1.165) is 21.3 Å². The molecule has 0 saturated heterocycles. The quantitative estimate of drug-likeness (QED) is 0.586. The number of fused-ring (bicyclic) bond motifs is 1. The number of nitrogen functional groups attached to an aromatic ring is 1. The van der Waals surface area contributed by atoms with E-state index in [2.05, 4.69) is 14.3 Å². The van der Waals surface area contributed by atoms with E-state index in [1.165, 1.54) is 11.5 Å². The minimum absolute atomic E-state index is 0.642. The molecule has 0 spiro atoms. The SMILES string of the molecule is Cc1nsc(SCc2nc3cc(N)ccc3o2)n1. The Balaban J connectivity index is 1.78. The summed E-state index contributed by atoms with van der Waals surface area (Å²) in [5.74, 6) is 2.12. The zero-order chi connectivity index (χ0) is 12.5. The van der Waals surface area contributed by atoms with Crippen LogP contribution in [0.15, 0.2) is 27.0 Å². The average molecular weight is 278 g/mol. The summed E-state index contributed by atoms with van der Waals surface area (Å²) in [5, 5.41) is 0. The van der Waals surface area contributed by atoms with Crippen LogP contribution in [0.5, 0.6) is 0 Å². The Hall–Kier alpha value is -1.60. The molecule has 0 radical (unpaired) electrons. The fraction of sp³-hybridized carbons (Fsp3) is 0.182. The molecule has 0 aliphatic heterocycles. The van der Waals surface area contributed by atoms with Crippen molar-refractivity contribution < 1.29 is 4.42 Å². The molecule has 5 nitrogen and oxygen atoms in total. The number of hydrogen-bond acceptors (Lipinski definition) is 7. The summed E-state index contributed by atoms with van der Waals surface area (Å²) in [6.07, 6.45) is 0. The molecule has 3 aromatic rings. The summed E-state index contributed by atoms with van der Waals surface area (Å²) < 4.78 is 10.7. The summed E-state index contributed by atoms with van der Waals surface area (Å²) in [5.41, 5.74) is 7.94. The molecule has 0 unspecified atom stereocenters. The highest BCUT2D eigenvalue weighted by Gasteiger charge is 2.08. The van der Waals surface area contributed by atoms with Gasteiger partial charge in [0.2, 0.25) is 5.89 Å². The zero-order valence-corrected chi connectivity index (χ0v) is 11.2. The summed E-state index contributed by atoms with van der Waals surface area (Å²) in [7, 11) is 0. The molecule has 0 aliphatic carbocycles. The molecule has 0 fully saturated rings. The first kappa shape index (κ1) is 11.5. The van der Waals surface area contributed by atoms with Crippen LogP contribution in [0.2, 0.25) is 0 Å². The van der Waals surface area contributed by atoms with E-state index in [0.29, 0.717) is 17.3 Å². The molecule has 18 heavy (non-hydrogen) atoms. The lowest BCUT2D eigenvalue weighted by molar-refractivity contribution is 0.556. The number of nitrogens with two attached hydrogens (primary N) is 1. The van der Waals surface area contributed by atoms with Crippen LogP contribution >= 0.6 is 23.3 Å². The molecule has 0 amide bonds. The van der Waals surface area contributed by atoms with Crippen LogP contribution in [0, 0.1) is 6.92 Å². The standard InChI is InChI=1S/C11H10N4OS2/c1-6-13-11(18-15-6)17-5-10-14-8-4-7(12)2-3-9(8)16-10/h2-4H,5,12H2,1H3. The molecule has 0 aliphatic rings. The van der Waals surface area contributed by atoms with Crippen molar-refractivity contribution in [2.75, 3.05) is 5.73 Å². The lowest BCUT2D eigenvalue weighted by Gasteiger charge is -1.90. The minimum Gasteiger partial charge on any atom is -0.440 e. The van der Waals surface area contributed by atoms with E-state index < -0.39 is 0 Å². The Morgan fingerprint density at radius 3 is 3.06 bits per heavy atom. The van der Waals surface area contributed by atoms with Crippen molar-refractivity contribution >= 4 is 40.1 Å². The van der Waals surface area contributed by atoms with Gasteiger partial charge < -0.3 is 10.2 Å². The summed E-state index contributed by atoms with van der Waals surface area (Å²) in [6, 6.07) is 5.45. The van der Waals surface area contributed by atoms with Crippen molar-refractivity contribution in [1.82, 2.24) is 14.3 Å². The largest absolute Gasteiger partial charge is 0.440 e. The second-order valence-electron chi connectivity index (χ2n) is 3.73. The summed E-state index contributed by atoms with van der Waals surface area (Å²) >= 11 is 2.96. The van der Waals surface area contributed by atoms with Gasteiger partial charge in [0.25, 0.3) is 0 Å². The first-order valence-corrected chi connectivity index (χ1v) is 7.05. The number of benzene rings is 1. The predicted molar refractivity (Wildman–Crippen MR) is 72.6 cm³/mol. The van der Waals surface area contributed by atoms with Crippen molar-refractivity contribution in [2.24, 2.45) is 0 Å². The van der Waals surface area contributed by atoms with E-state index in [1.807, 2.05) is 19.1 Å². The first-order chi connectivity index (χ1) is 8.70. The van der Waals surface area contributed by atoms with Crippen LogP contribution in [-0.2, 0) is 5.75 Å². The third-order valence-corrected chi connectivity index (χ3v) is 4.19. The first-order valence-electron chi connectivity index (χ1n) is 5.29. The Labute approximate surface area is 112 Å². The second kappa shape index (κ2) is 4.58. The van der Waals surface area contributed by atoms with Crippen LogP contribution in [0.1, 0.15) is 11.7 Å². The summed E-state index contributed by atoms with van der Waals surface area (Å²) in [6.45, 7) is 1.88. The fourth-order valence-electron chi connectivity index (χ4n) is 1.51. The van der Waals surface area contributed by atoms with Gasteiger partial charge in [-0.15, -0.1) is 0 Å². The van der Waals surface area contributed by atoms with Gasteiger partial charge in [0, 0.05) is 5.69 Å². The maximum absolute atomic E-state index is 5.70. The van der Waals surface area contributed by atoms with Crippen LogP contribution in [0.4, 0.5) is 5.69 Å². The Morgan fingerprint density at radius 1 is 1.39 bits per heavy atom.